The van der Waals surface area contributed by atoms with Crippen LogP contribution < -0.4 is 36.6 Å². The Morgan fingerprint density at radius 2 is 1.46 bits per heavy atom. The van der Waals surface area contributed by atoms with Crippen molar-refractivity contribution >= 4 is 65.1 Å². The number of piperidine rings is 1. The third-order valence-electron chi connectivity index (χ3n) is 12.5. The predicted octanol–water partition coefficient (Wildman–Crippen LogP) is 0.541. The maximum Gasteiger partial charge on any atom is 0.328 e. The number of hydrogen-bond acceptors (Lipinski definition) is 13. The van der Waals surface area contributed by atoms with Crippen molar-refractivity contribution < 1.29 is 57.3 Å². The number of fused-ring (bicyclic) bond motifs is 2. The van der Waals surface area contributed by atoms with E-state index in [1.165, 1.54) is 18.9 Å². The van der Waals surface area contributed by atoms with E-state index in [0.717, 1.165) is 4.90 Å². The van der Waals surface area contributed by atoms with Gasteiger partial charge in [-0.15, -0.1) is 0 Å². The average Bonchev–Trinajstić information content (AvgIpc) is 3.73. The molecule has 3 aliphatic rings. The van der Waals surface area contributed by atoms with E-state index < -0.39 is 114 Å². The maximum atomic E-state index is 14.9. The number of amides is 8. The monoisotopic (exact) mass is 1000 g/mol. The Morgan fingerprint density at radius 3 is 2.03 bits per heavy atom. The van der Waals surface area contributed by atoms with Gasteiger partial charge in [-0.2, -0.15) is 0 Å². The van der Waals surface area contributed by atoms with Gasteiger partial charge in [0.2, 0.25) is 47.3 Å². The van der Waals surface area contributed by atoms with Crippen molar-refractivity contribution in [3.8, 4) is 5.75 Å². The summed E-state index contributed by atoms with van der Waals surface area (Å²) in [7, 11) is 3.09. The van der Waals surface area contributed by atoms with Gasteiger partial charge in [-0.1, -0.05) is 65.8 Å². The van der Waals surface area contributed by atoms with Gasteiger partial charge in [0.25, 0.3) is 0 Å². The lowest BCUT2D eigenvalue weighted by atomic mass is 9.94. The fourth-order valence-corrected chi connectivity index (χ4v) is 8.87. The molecular weight excluding hydrogens is 930 g/mol. The van der Waals surface area contributed by atoms with Crippen LogP contribution in [0.2, 0.25) is 0 Å². The first-order valence-electron chi connectivity index (χ1n) is 23.9. The number of aliphatic hydroxyl groups is 1. The van der Waals surface area contributed by atoms with E-state index in [2.05, 4.69) is 26.6 Å². The second-order valence-electron chi connectivity index (χ2n) is 19.8. The molecule has 2 fully saturated rings. The largest absolute Gasteiger partial charge is 0.458 e. The number of carbonyl (C=O) groups is 9. The van der Waals surface area contributed by atoms with Crippen LogP contribution in [0.3, 0.4) is 0 Å². The topological polar surface area (TPSA) is 288 Å². The maximum absolute atomic E-state index is 14.9. The smallest absolute Gasteiger partial charge is 0.328 e. The molecule has 3 heterocycles. The summed E-state index contributed by atoms with van der Waals surface area (Å²) in [6, 6.07) is -4.14. The van der Waals surface area contributed by atoms with Gasteiger partial charge < -0.3 is 56.3 Å². The highest BCUT2D eigenvalue weighted by Crippen LogP contribution is 2.27. The number of nitrogens with zero attached hydrogens (tertiary/aromatic N) is 3. The Balaban J connectivity index is 1.85. The Bertz CT molecular complexity index is 2090. The Labute approximate surface area is 414 Å². The molecule has 0 aromatic heterocycles. The number of benzene rings is 1. The van der Waals surface area contributed by atoms with Crippen molar-refractivity contribution in [3.63, 3.8) is 0 Å². The lowest BCUT2D eigenvalue weighted by Crippen LogP contribution is -2.65. The van der Waals surface area contributed by atoms with Crippen molar-refractivity contribution in [1.29, 1.82) is 0 Å². The molecule has 22 heteroatoms. The average molecular weight is 1000 g/mol. The summed E-state index contributed by atoms with van der Waals surface area (Å²) in [6.07, 6.45) is -0.199. The minimum absolute atomic E-state index is 0.0143. The van der Waals surface area contributed by atoms with Gasteiger partial charge in [0.05, 0.1) is 0 Å². The van der Waals surface area contributed by atoms with Crippen LogP contribution in [-0.4, -0.2) is 154 Å². The summed E-state index contributed by atoms with van der Waals surface area (Å²) < 4.78 is 10.7. The van der Waals surface area contributed by atoms with Crippen LogP contribution in [0.5, 0.6) is 5.75 Å². The Morgan fingerprint density at radius 1 is 0.843 bits per heavy atom. The molecule has 3 aliphatic heterocycles. The zero-order valence-electron chi connectivity index (χ0n) is 41.6. The first kappa shape index (κ1) is 56.8. The number of nitrogens with one attached hydrogen (secondary N) is 5. The number of nitrogens with two attached hydrogens (primary N) is 1. The van der Waals surface area contributed by atoms with Gasteiger partial charge in [0.15, 0.2) is 0 Å². The normalized spacial score (nSPS) is 27.0. The van der Waals surface area contributed by atoms with Crippen LogP contribution in [-0.2, 0) is 54.3 Å². The van der Waals surface area contributed by atoms with Gasteiger partial charge in [0.1, 0.15) is 78.3 Å². The van der Waals surface area contributed by atoms with Crippen LogP contribution in [0, 0.1) is 17.8 Å². The summed E-state index contributed by atoms with van der Waals surface area (Å²) in [4.78, 5) is 131. The molecule has 388 valence electrons. The number of aliphatic hydroxyl groups excluding tert-OH is 1. The number of carbonyl (C=O) groups excluding carboxylic acids is 9. The second-order valence-corrected chi connectivity index (χ2v) is 19.9. The molecule has 21 nitrogen and oxygen atoms in total. The molecule has 0 radical (unpaired) electrons. The van der Waals surface area contributed by atoms with Crippen LogP contribution >= 0.6 is 11.9 Å². The zero-order chi connectivity index (χ0) is 52.1. The highest BCUT2D eigenvalue weighted by atomic mass is 35.5. The van der Waals surface area contributed by atoms with Crippen LogP contribution in [0.1, 0.15) is 99.0 Å². The predicted molar refractivity (Wildman–Crippen MR) is 257 cm³/mol. The highest BCUT2D eigenvalue weighted by molar-refractivity contribution is 6.09. The molecule has 8 N–H and O–H groups in total. The van der Waals surface area contributed by atoms with Crippen molar-refractivity contribution in [3.05, 3.63) is 42.0 Å². The standard InChI is InChI=1S/C48H72ClN9O12/c1-25(2)21-33-42(62)52-32-17-19-39(60)58(46(32)66)37(23-27(5)6)47(67)57(9)36(24-29-12-14-30(70-49)15-13-29)44(64)54-34(22-26(3)4)48(68)69-28(7)40(45(65)53-33)55-41(61)31(16-18-38(50)59)51-43(63)35-11-10-20-56(35)8/h10-15,25-28,31-37,39-40,60H,16-24H2,1-9H3,(H2,50,59)(H,51,63)(H,52,62)(H,53,65)(H,54,64)(H,55,61)/t28-,31-,32+,33+,34+,35+,36+,37+,39-,40-/m0/s1. The minimum atomic E-state index is -1.76. The van der Waals surface area contributed by atoms with Crippen LogP contribution in [0.15, 0.2) is 36.4 Å². The number of rotatable bonds is 16. The molecule has 0 aliphatic carbocycles. The van der Waals surface area contributed by atoms with Gasteiger partial charge in [0, 0.05) is 26.4 Å². The van der Waals surface area contributed by atoms with Crippen molar-refractivity contribution in [2.45, 2.75) is 160 Å². The third kappa shape index (κ3) is 15.6. The molecule has 0 unspecified atom stereocenters. The molecular formula is C48H72ClN9O12. The lowest BCUT2D eigenvalue weighted by molar-refractivity contribution is -0.166. The quantitative estimate of drug-likeness (QED) is 0.0881. The van der Waals surface area contributed by atoms with Crippen molar-refractivity contribution in [2.75, 3.05) is 20.6 Å². The number of primary amides is 1. The molecule has 10 atom stereocenters. The number of halogens is 1. The first-order chi connectivity index (χ1) is 32.9. The fourth-order valence-electron chi connectivity index (χ4n) is 8.76. The first-order valence-corrected chi connectivity index (χ1v) is 24.2. The SMILES string of the molecule is CC(C)C[C@@H]1C(=O)N(C)[C@H](Cc2ccc(OCl)cc2)C(=O)N[C@H](CC(C)C)C(=O)O[C@@H](C)[C@H](NC(=O)[C@H](CCC(N)=O)NC(=O)[C@H]2C=CCN2C)C(=O)N[C@H](CC(C)C)C(=O)N[C@@H]2CC[C@H](O)N1C2=O. The lowest BCUT2D eigenvalue weighted by Gasteiger charge is -2.43. The Hall–Kier alpha value is -5.80. The third-order valence-corrected chi connectivity index (χ3v) is 12.7. The molecule has 0 spiro atoms. The molecule has 1 aromatic carbocycles. The summed E-state index contributed by atoms with van der Waals surface area (Å²) in [5.74, 6) is -7.65. The molecule has 1 aromatic rings. The Kier molecular flexibility index (Phi) is 21.0. The van der Waals surface area contributed by atoms with Crippen LogP contribution in [0.25, 0.3) is 0 Å². The molecule has 8 amide bonds. The molecule has 2 saturated heterocycles. The summed E-state index contributed by atoms with van der Waals surface area (Å²) in [5, 5.41) is 24.8. The van der Waals surface area contributed by atoms with E-state index >= 15 is 0 Å². The zero-order valence-corrected chi connectivity index (χ0v) is 42.3. The van der Waals surface area contributed by atoms with Gasteiger partial charge >= 0.3 is 5.97 Å². The number of ether oxygens (including phenoxy) is 1. The van der Waals surface area contributed by atoms with E-state index in [1.807, 2.05) is 13.8 Å². The number of hydrogen-bond donors (Lipinski definition) is 7. The van der Waals surface area contributed by atoms with Crippen molar-refractivity contribution in [2.24, 2.45) is 23.5 Å². The summed E-state index contributed by atoms with van der Waals surface area (Å²) in [6.45, 7) is 12.6. The van der Waals surface area contributed by atoms with E-state index in [-0.39, 0.29) is 69.1 Å². The van der Waals surface area contributed by atoms with Gasteiger partial charge in [-0.3, -0.25) is 43.3 Å². The number of likely N-dealkylation sites (N-methyl/N-ethyl adjacent to an activating group) is 2. The summed E-state index contributed by atoms with van der Waals surface area (Å²) in [5.41, 5.74) is 6.00. The van der Waals surface area contributed by atoms with E-state index in [1.54, 1.807) is 76.1 Å². The molecule has 2 bridgehead atoms. The number of esters is 1. The van der Waals surface area contributed by atoms with Crippen molar-refractivity contribution in [1.82, 2.24) is 41.3 Å². The molecule has 0 saturated carbocycles. The molecule has 70 heavy (non-hydrogen) atoms. The minimum Gasteiger partial charge on any atom is -0.458 e. The fraction of sp³-hybridized carbons (Fsp3) is 0.646. The number of cyclic esters (lactones) is 1. The van der Waals surface area contributed by atoms with E-state index in [9.17, 15) is 48.3 Å². The van der Waals surface area contributed by atoms with Gasteiger partial charge in [-0.05, 0) is 87.9 Å². The van der Waals surface area contributed by atoms with Crippen LogP contribution in [0.4, 0.5) is 0 Å². The van der Waals surface area contributed by atoms with E-state index in [4.69, 9.17) is 26.6 Å². The van der Waals surface area contributed by atoms with Gasteiger partial charge in [-0.25, -0.2) is 4.79 Å². The highest BCUT2D eigenvalue weighted by Gasteiger charge is 2.46. The van der Waals surface area contributed by atoms with E-state index in [0.29, 0.717) is 17.9 Å². The second kappa shape index (κ2) is 25.9. The summed E-state index contributed by atoms with van der Waals surface area (Å²) >= 11 is 5.56. The molecule has 4 rings (SSSR count).